The monoisotopic (exact) mass is 502 g/mol. The summed E-state index contributed by atoms with van der Waals surface area (Å²) >= 11 is 12.5. The highest BCUT2D eigenvalue weighted by atomic mass is 35.5. The Hall–Kier alpha value is -2.77. The number of ether oxygens (including phenoxy) is 2. The number of amides is 1. The molecular formula is C25H28Cl2N4O3. The predicted molar refractivity (Wildman–Crippen MR) is 132 cm³/mol. The van der Waals surface area contributed by atoms with Gasteiger partial charge >= 0.3 is 6.09 Å². The maximum atomic E-state index is 12.3. The lowest BCUT2D eigenvalue weighted by atomic mass is 10.1. The number of carbonyl (C=O) groups excluding carboxylic acids is 1. The minimum atomic E-state index is -0.489. The summed E-state index contributed by atoms with van der Waals surface area (Å²) < 4.78 is 13.4. The van der Waals surface area contributed by atoms with Gasteiger partial charge in [0.2, 0.25) is 0 Å². The number of pyridine rings is 1. The predicted octanol–water partition coefficient (Wildman–Crippen LogP) is 6.40. The van der Waals surface area contributed by atoms with Crippen LogP contribution in [0.3, 0.4) is 0 Å². The van der Waals surface area contributed by atoms with Gasteiger partial charge in [-0.1, -0.05) is 29.3 Å². The summed E-state index contributed by atoms with van der Waals surface area (Å²) in [6.45, 7) is 7.17. The Bertz CT molecular complexity index is 1130. The third-order valence-corrected chi connectivity index (χ3v) is 6.29. The number of nitrogens with zero attached hydrogens (tertiary/aromatic N) is 4. The van der Waals surface area contributed by atoms with Crippen LogP contribution in [-0.2, 0) is 11.3 Å². The number of piperidine rings is 1. The number of carbonyl (C=O) groups is 1. The molecule has 0 N–H and O–H groups in total. The molecule has 0 radical (unpaired) electrons. The summed E-state index contributed by atoms with van der Waals surface area (Å²) in [5.41, 5.74) is 2.10. The second kappa shape index (κ2) is 10.2. The number of likely N-dealkylation sites (tertiary alicyclic amines) is 1. The van der Waals surface area contributed by atoms with Gasteiger partial charge in [-0.3, -0.25) is 9.67 Å². The van der Waals surface area contributed by atoms with E-state index in [-0.39, 0.29) is 18.7 Å². The number of hydrogen-bond donors (Lipinski definition) is 0. The first-order chi connectivity index (χ1) is 16.2. The Morgan fingerprint density at radius 3 is 2.47 bits per heavy atom. The first kappa shape index (κ1) is 24.4. The van der Waals surface area contributed by atoms with E-state index in [2.05, 4.69) is 10.1 Å². The molecule has 1 fully saturated rings. The van der Waals surface area contributed by atoms with Crippen molar-refractivity contribution >= 4 is 29.3 Å². The van der Waals surface area contributed by atoms with Crippen LogP contribution in [0.15, 0.2) is 49.1 Å². The van der Waals surface area contributed by atoms with Crippen LogP contribution in [0.2, 0.25) is 10.0 Å². The van der Waals surface area contributed by atoms with Crippen molar-refractivity contribution in [3.8, 4) is 16.9 Å². The molecular weight excluding hydrogens is 475 g/mol. The molecule has 0 spiro atoms. The van der Waals surface area contributed by atoms with Crippen LogP contribution in [-0.4, -0.2) is 44.4 Å². The molecule has 0 saturated carbocycles. The molecule has 0 atom stereocenters. The van der Waals surface area contributed by atoms with E-state index in [1.807, 2.05) is 43.9 Å². The number of benzene rings is 1. The average molecular weight is 503 g/mol. The Labute approximate surface area is 209 Å². The molecule has 180 valence electrons. The second-order valence-electron chi connectivity index (χ2n) is 9.31. The third kappa shape index (κ3) is 6.02. The minimum Gasteiger partial charge on any atom is -0.487 e. The topological polar surface area (TPSA) is 69.5 Å². The Balaban J connectivity index is 1.38. The fraction of sp³-hybridized carbons (Fsp3) is 0.400. The zero-order valence-electron chi connectivity index (χ0n) is 19.5. The quantitative estimate of drug-likeness (QED) is 0.403. The van der Waals surface area contributed by atoms with E-state index in [1.165, 1.54) is 0 Å². The number of hydrogen-bond acceptors (Lipinski definition) is 5. The Morgan fingerprint density at radius 1 is 1.09 bits per heavy atom. The van der Waals surface area contributed by atoms with E-state index < -0.39 is 5.60 Å². The van der Waals surface area contributed by atoms with E-state index in [0.29, 0.717) is 28.9 Å². The van der Waals surface area contributed by atoms with Crippen LogP contribution in [0.5, 0.6) is 5.75 Å². The van der Waals surface area contributed by atoms with E-state index in [9.17, 15) is 4.79 Å². The molecule has 3 aromatic rings. The van der Waals surface area contributed by atoms with E-state index in [0.717, 1.165) is 29.5 Å². The molecule has 2 aromatic heterocycles. The van der Waals surface area contributed by atoms with Gasteiger partial charge in [0.15, 0.2) is 0 Å². The molecule has 4 rings (SSSR count). The summed E-state index contributed by atoms with van der Waals surface area (Å²) in [5, 5.41) is 5.70. The maximum absolute atomic E-state index is 12.3. The average Bonchev–Trinajstić information content (AvgIpc) is 3.28. The number of halogens is 2. The van der Waals surface area contributed by atoms with Crippen molar-refractivity contribution in [1.82, 2.24) is 19.7 Å². The van der Waals surface area contributed by atoms with Crippen LogP contribution in [0, 0.1) is 0 Å². The van der Waals surface area contributed by atoms with E-state index in [4.69, 9.17) is 32.7 Å². The zero-order chi connectivity index (χ0) is 24.3. The number of rotatable bonds is 5. The Kier molecular flexibility index (Phi) is 7.33. The van der Waals surface area contributed by atoms with Gasteiger partial charge in [0, 0.05) is 52.2 Å². The highest BCUT2D eigenvalue weighted by Gasteiger charge is 2.28. The minimum absolute atomic E-state index is 0.224. The van der Waals surface area contributed by atoms with Gasteiger partial charge in [-0.05, 0) is 51.8 Å². The second-order valence-corrected chi connectivity index (χ2v) is 10.1. The molecule has 9 heteroatoms. The van der Waals surface area contributed by atoms with Crippen molar-refractivity contribution in [2.45, 2.75) is 51.9 Å². The fourth-order valence-corrected chi connectivity index (χ4v) is 4.31. The molecule has 7 nitrogen and oxygen atoms in total. The molecule has 34 heavy (non-hydrogen) atoms. The van der Waals surface area contributed by atoms with Crippen molar-refractivity contribution in [2.75, 3.05) is 13.1 Å². The molecule has 1 amide bonds. The summed E-state index contributed by atoms with van der Waals surface area (Å²) in [5.74, 6) is 0.618. The molecule has 0 unspecified atom stereocenters. The first-order valence-electron chi connectivity index (χ1n) is 11.2. The van der Waals surface area contributed by atoms with Crippen LogP contribution in [0.1, 0.15) is 45.2 Å². The largest absolute Gasteiger partial charge is 0.487 e. The highest BCUT2D eigenvalue weighted by molar-refractivity contribution is 6.35. The lowest BCUT2D eigenvalue weighted by Crippen LogP contribution is -2.42. The van der Waals surface area contributed by atoms with Crippen LogP contribution in [0.25, 0.3) is 11.1 Å². The summed E-state index contributed by atoms with van der Waals surface area (Å²) in [4.78, 5) is 18.4. The highest BCUT2D eigenvalue weighted by Crippen LogP contribution is 2.29. The van der Waals surface area contributed by atoms with Gasteiger partial charge in [-0.2, -0.15) is 5.10 Å². The lowest BCUT2D eigenvalue weighted by molar-refractivity contribution is 0.0185. The fourth-order valence-electron chi connectivity index (χ4n) is 3.81. The van der Waals surface area contributed by atoms with E-state index in [1.54, 1.807) is 35.5 Å². The van der Waals surface area contributed by atoms with Gasteiger partial charge < -0.3 is 14.4 Å². The molecule has 1 aliphatic heterocycles. The van der Waals surface area contributed by atoms with Crippen molar-refractivity contribution in [2.24, 2.45) is 0 Å². The molecule has 1 aliphatic rings. The molecule has 1 saturated heterocycles. The van der Waals surface area contributed by atoms with Gasteiger partial charge in [0.25, 0.3) is 0 Å². The van der Waals surface area contributed by atoms with Gasteiger partial charge in [0.05, 0.1) is 18.4 Å². The van der Waals surface area contributed by atoms with Crippen molar-refractivity contribution in [1.29, 1.82) is 0 Å². The summed E-state index contributed by atoms with van der Waals surface area (Å²) in [6.07, 6.45) is 8.66. The summed E-state index contributed by atoms with van der Waals surface area (Å²) in [6, 6.07) is 7.52. The van der Waals surface area contributed by atoms with Crippen LogP contribution >= 0.6 is 23.2 Å². The van der Waals surface area contributed by atoms with Crippen molar-refractivity contribution in [3.63, 3.8) is 0 Å². The third-order valence-electron chi connectivity index (χ3n) is 5.58. The van der Waals surface area contributed by atoms with Gasteiger partial charge in [-0.15, -0.1) is 0 Å². The van der Waals surface area contributed by atoms with Crippen molar-refractivity contribution in [3.05, 3.63) is 64.7 Å². The smallest absolute Gasteiger partial charge is 0.410 e. The zero-order valence-corrected chi connectivity index (χ0v) is 21.0. The normalized spacial score (nSPS) is 14.8. The maximum Gasteiger partial charge on any atom is 0.410 e. The van der Waals surface area contributed by atoms with Gasteiger partial charge in [0.1, 0.15) is 18.0 Å². The molecule has 0 bridgehead atoms. The van der Waals surface area contributed by atoms with E-state index >= 15 is 0 Å². The molecule has 3 heterocycles. The Morgan fingerprint density at radius 2 is 1.79 bits per heavy atom. The van der Waals surface area contributed by atoms with Crippen LogP contribution < -0.4 is 4.74 Å². The van der Waals surface area contributed by atoms with Crippen LogP contribution in [0.4, 0.5) is 4.79 Å². The molecule has 0 aliphatic carbocycles. The van der Waals surface area contributed by atoms with Crippen molar-refractivity contribution < 1.29 is 14.3 Å². The summed E-state index contributed by atoms with van der Waals surface area (Å²) in [7, 11) is 0. The molecule has 1 aromatic carbocycles. The SMILES string of the molecule is CC(C)(C)OC(=O)N1CCC(n2cc(-c3cncc(OCc4c(Cl)cccc4Cl)c3)cn2)CC1. The standard InChI is InChI=1S/C25H28Cl2N4O3/c1-25(2,3)34-24(32)30-9-7-19(8-10-30)31-15-18(13-29-31)17-11-20(14-28-12-17)33-16-21-22(26)5-4-6-23(21)27/h4-6,11-15,19H,7-10,16H2,1-3H3. The number of aromatic nitrogens is 3. The first-order valence-corrected chi connectivity index (χ1v) is 12.0. The van der Waals surface area contributed by atoms with Gasteiger partial charge in [-0.25, -0.2) is 4.79 Å². The lowest BCUT2D eigenvalue weighted by Gasteiger charge is -2.33.